The molecule has 0 aliphatic rings. The van der Waals surface area contributed by atoms with Crippen LogP contribution >= 0.6 is 0 Å². The Morgan fingerprint density at radius 2 is 0.574 bits per heavy atom. The molecule has 1 unspecified atom stereocenters. The van der Waals surface area contributed by atoms with Crippen LogP contribution in [0.2, 0.25) is 0 Å². The van der Waals surface area contributed by atoms with Crippen LogP contribution in [0.4, 0.5) is 0 Å². The van der Waals surface area contributed by atoms with E-state index in [0.717, 1.165) is 128 Å². The molecule has 68 heavy (non-hydrogen) atoms. The number of allylic oxidation sites excluding steroid dienone is 22. The maximum absolute atomic E-state index is 12.7. The van der Waals surface area contributed by atoms with E-state index in [1.807, 2.05) is 0 Å². The third-order valence-electron chi connectivity index (χ3n) is 10.9. The van der Waals surface area contributed by atoms with Crippen molar-refractivity contribution in [2.24, 2.45) is 0 Å². The molecule has 0 aromatic rings. The number of rotatable bonds is 47. The molecule has 0 saturated carbocycles. The summed E-state index contributed by atoms with van der Waals surface area (Å²) in [5, 5.41) is 0. The van der Waals surface area contributed by atoms with Gasteiger partial charge in [-0.05, 0) is 116 Å². The molecule has 0 aliphatic heterocycles. The first-order valence-electron chi connectivity index (χ1n) is 27.2. The summed E-state index contributed by atoms with van der Waals surface area (Å²) in [6, 6.07) is 0. The van der Waals surface area contributed by atoms with E-state index in [1.165, 1.54) is 44.9 Å². The van der Waals surface area contributed by atoms with Crippen LogP contribution in [0, 0.1) is 0 Å². The number of ether oxygens (including phenoxy) is 3. The molecule has 0 N–H and O–H groups in total. The molecule has 0 spiro atoms. The van der Waals surface area contributed by atoms with Crippen molar-refractivity contribution in [3.8, 4) is 0 Å². The predicted octanol–water partition coefficient (Wildman–Crippen LogP) is 18.3. The Labute approximate surface area is 417 Å². The zero-order chi connectivity index (χ0) is 49.3. The fourth-order valence-corrected chi connectivity index (χ4v) is 6.88. The van der Waals surface area contributed by atoms with Gasteiger partial charge in [0.1, 0.15) is 13.2 Å². The highest BCUT2D eigenvalue weighted by Crippen LogP contribution is 2.13. The van der Waals surface area contributed by atoms with Crippen molar-refractivity contribution >= 4 is 17.9 Å². The zero-order valence-corrected chi connectivity index (χ0v) is 43.6. The van der Waals surface area contributed by atoms with Crippen LogP contribution in [0.25, 0.3) is 0 Å². The summed E-state index contributed by atoms with van der Waals surface area (Å²) in [6.07, 6.45) is 77.6. The lowest BCUT2D eigenvalue weighted by Gasteiger charge is -2.18. The van der Waals surface area contributed by atoms with Gasteiger partial charge in [-0.2, -0.15) is 0 Å². The van der Waals surface area contributed by atoms with Crippen molar-refractivity contribution in [2.45, 2.75) is 226 Å². The number of carbonyl (C=O) groups is 3. The van der Waals surface area contributed by atoms with E-state index >= 15 is 0 Å². The van der Waals surface area contributed by atoms with Crippen LogP contribution in [0.1, 0.15) is 220 Å². The molecule has 6 nitrogen and oxygen atoms in total. The molecule has 1 atom stereocenters. The lowest BCUT2D eigenvalue weighted by atomic mass is 10.1. The molecular weight excluding hydrogens is 841 g/mol. The van der Waals surface area contributed by atoms with E-state index < -0.39 is 6.10 Å². The highest BCUT2D eigenvalue weighted by molar-refractivity contribution is 5.71. The standard InChI is InChI=1S/C62H98O6/c1-4-7-10-13-16-18-20-22-24-25-26-27-28-29-30-31-32-33-34-35-36-37-39-40-42-44-46-49-52-55-61(64)67-58-59(57-66-60(63)54-51-48-15-12-9-6-3)68-62(65)56-53-50-47-45-43-41-38-23-21-19-17-14-11-8-5-2/h7-8,10-11,16-19,22-24,26-27,29-30,32-33,35-36,38,43,45,59H,4-6,9,12-15,20-21,25,28,31,34,37,39-42,44,46-58H2,1-3H3/b10-7-,11-8-,18-16-,19-17-,24-22-,27-26-,30-29-,33-32-,36-35-,38-23-,45-43-. The van der Waals surface area contributed by atoms with Gasteiger partial charge in [0.15, 0.2) is 6.10 Å². The van der Waals surface area contributed by atoms with E-state index in [1.54, 1.807) is 0 Å². The van der Waals surface area contributed by atoms with Gasteiger partial charge in [-0.25, -0.2) is 0 Å². The molecule has 0 bridgehead atoms. The molecule has 0 rings (SSSR count). The third kappa shape index (κ3) is 52.5. The Morgan fingerprint density at radius 1 is 0.309 bits per heavy atom. The number of hydrogen-bond donors (Lipinski definition) is 0. The van der Waals surface area contributed by atoms with Crippen LogP contribution < -0.4 is 0 Å². The largest absolute Gasteiger partial charge is 0.462 e. The first-order chi connectivity index (χ1) is 33.5. The minimum Gasteiger partial charge on any atom is -0.462 e. The van der Waals surface area contributed by atoms with Crippen molar-refractivity contribution in [1.82, 2.24) is 0 Å². The number of esters is 3. The first-order valence-corrected chi connectivity index (χ1v) is 27.2. The van der Waals surface area contributed by atoms with Gasteiger partial charge < -0.3 is 14.2 Å². The van der Waals surface area contributed by atoms with E-state index in [0.29, 0.717) is 19.3 Å². The van der Waals surface area contributed by atoms with Gasteiger partial charge in [0, 0.05) is 19.3 Å². The fraction of sp³-hybridized carbons (Fsp3) is 0.597. The van der Waals surface area contributed by atoms with Crippen LogP contribution in [0.15, 0.2) is 134 Å². The Kier molecular flexibility index (Phi) is 51.5. The molecule has 382 valence electrons. The van der Waals surface area contributed by atoms with E-state index in [9.17, 15) is 14.4 Å². The molecule has 0 fully saturated rings. The van der Waals surface area contributed by atoms with Gasteiger partial charge in [0.2, 0.25) is 0 Å². The normalized spacial score (nSPS) is 13.2. The van der Waals surface area contributed by atoms with Crippen LogP contribution in [0.5, 0.6) is 0 Å². The maximum atomic E-state index is 12.7. The van der Waals surface area contributed by atoms with Gasteiger partial charge >= 0.3 is 17.9 Å². The van der Waals surface area contributed by atoms with Gasteiger partial charge in [-0.3, -0.25) is 14.4 Å². The summed E-state index contributed by atoms with van der Waals surface area (Å²) in [7, 11) is 0. The van der Waals surface area contributed by atoms with Crippen LogP contribution in [-0.4, -0.2) is 37.2 Å². The second kappa shape index (κ2) is 55.1. The van der Waals surface area contributed by atoms with Gasteiger partial charge in [0.25, 0.3) is 0 Å². The molecule has 0 aromatic heterocycles. The Morgan fingerprint density at radius 3 is 0.926 bits per heavy atom. The smallest absolute Gasteiger partial charge is 0.306 e. The lowest BCUT2D eigenvalue weighted by Crippen LogP contribution is -2.30. The Bertz CT molecular complexity index is 1500. The molecular formula is C62H98O6. The first kappa shape index (κ1) is 63.5. The topological polar surface area (TPSA) is 78.9 Å². The summed E-state index contributed by atoms with van der Waals surface area (Å²) in [6.45, 7) is 6.28. The van der Waals surface area contributed by atoms with Crippen molar-refractivity contribution < 1.29 is 28.6 Å². The predicted molar refractivity (Wildman–Crippen MR) is 292 cm³/mol. The van der Waals surface area contributed by atoms with Gasteiger partial charge in [-0.15, -0.1) is 0 Å². The minimum atomic E-state index is -0.805. The van der Waals surface area contributed by atoms with Gasteiger partial charge in [0.05, 0.1) is 0 Å². The number of hydrogen-bond acceptors (Lipinski definition) is 6. The molecule has 0 saturated heterocycles. The van der Waals surface area contributed by atoms with E-state index in [4.69, 9.17) is 14.2 Å². The van der Waals surface area contributed by atoms with E-state index in [-0.39, 0.29) is 37.5 Å². The molecule has 0 heterocycles. The summed E-state index contributed by atoms with van der Waals surface area (Å²) >= 11 is 0. The van der Waals surface area contributed by atoms with Crippen LogP contribution in [-0.2, 0) is 28.6 Å². The number of unbranched alkanes of at least 4 members (excludes halogenated alkanes) is 14. The van der Waals surface area contributed by atoms with Crippen molar-refractivity contribution in [3.05, 3.63) is 134 Å². The summed E-state index contributed by atoms with van der Waals surface area (Å²) in [5.74, 6) is -0.975. The Balaban J connectivity index is 4.22. The van der Waals surface area contributed by atoms with Crippen LogP contribution in [0.3, 0.4) is 0 Å². The molecule has 0 aromatic carbocycles. The monoisotopic (exact) mass is 939 g/mol. The summed E-state index contributed by atoms with van der Waals surface area (Å²) < 4.78 is 16.7. The second-order valence-corrected chi connectivity index (χ2v) is 17.4. The Hall–Kier alpha value is -4.45. The SMILES string of the molecule is CC/C=C\C/C=C\C/C=C\C/C=C\C/C=C\C/C=C\C/C=C\CCCCCCCCCC(=O)OCC(COC(=O)CCCCCCCC)OC(=O)CCCC/C=C\C/C=C\C/C=C\C/C=C\CC. The summed E-state index contributed by atoms with van der Waals surface area (Å²) in [4.78, 5) is 37.8. The number of carbonyl (C=O) groups excluding carboxylic acids is 3. The highest BCUT2D eigenvalue weighted by Gasteiger charge is 2.19. The fourth-order valence-electron chi connectivity index (χ4n) is 6.88. The molecule has 0 aliphatic carbocycles. The molecule has 6 heteroatoms. The van der Waals surface area contributed by atoms with Crippen molar-refractivity contribution in [3.63, 3.8) is 0 Å². The zero-order valence-electron chi connectivity index (χ0n) is 43.6. The highest BCUT2D eigenvalue weighted by atomic mass is 16.6. The average molecular weight is 939 g/mol. The maximum Gasteiger partial charge on any atom is 0.306 e. The lowest BCUT2D eigenvalue weighted by molar-refractivity contribution is -0.167. The average Bonchev–Trinajstić information content (AvgIpc) is 3.34. The minimum absolute atomic E-state index is 0.102. The quantitative estimate of drug-likeness (QED) is 0.0262. The van der Waals surface area contributed by atoms with Crippen molar-refractivity contribution in [2.75, 3.05) is 13.2 Å². The molecule has 0 radical (unpaired) electrons. The van der Waals surface area contributed by atoms with Gasteiger partial charge in [-0.1, -0.05) is 219 Å². The summed E-state index contributed by atoms with van der Waals surface area (Å²) in [5.41, 5.74) is 0. The third-order valence-corrected chi connectivity index (χ3v) is 10.9. The molecule has 0 amide bonds. The second-order valence-electron chi connectivity index (χ2n) is 17.4. The van der Waals surface area contributed by atoms with Crippen molar-refractivity contribution in [1.29, 1.82) is 0 Å². The van der Waals surface area contributed by atoms with E-state index in [2.05, 4.69) is 154 Å².